The van der Waals surface area contributed by atoms with Gasteiger partial charge >= 0.3 is 0 Å². The van der Waals surface area contributed by atoms with Crippen LogP contribution in [0, 0.1) is 11.8 Å². The zero-order chi connectivity index (χ0) is 17.6. The van der Waals surface area contributed by atoms with Crippen LogP contribution in [0.15, 0.2) is 12.4 Å². The molecule has 2 aliphatic heterocycles. The Morgan fingerprint density at radius 2 is 2.00 bits per heavy atom. The summed E-state index contributed by atoms with van der Waals surface area (Å²) in [5.41, 5.74) is 0.895. The van der Waals surface area contributed by atoms with E-state index in [-0.39, 0.29) is 6.61 Å². The Labute approximate surface area is 150 Å². The average Bonchev–Trinajstić information content (AvgIpc) is 2.91. The highest BCUT2D eigenvalue weighted by Crippen LogP contribution is 2.28. The van der Waals surface area contributed by atoms with E-state index < -0.39 is 0 Å². The fourth-order valence-electron chi connectivity index (χ4n) is 3.94. The molecule has 0 aromatic carbocycles. The first-order chi connectivity index (χ1) is 12.2. The number of anilines is 1. The van der Waals surface area contributed by atoms with Gasteiger partial charge in [-0.15, -0.1) is 0 Å². The summed E-state index contributed by atoms with van der Waals surface area (Å²) in [5, 5.41) is 9.86. The smallest absolute Gasteiger partial charge is 0.132 e. The normalized spacial score (nSPS) is 26.1. The van der Waals surface area contributed by atoms with Crippen molar-refractivity contribution in [1.29, 1.82) is 0 Å². The quantitative estimate of drug-likeness (QED) is 0.793. The van der Waals surface area contributed by atoms with Crippen molar-refractivity contribution >= 4 is 5.82 Å². The second kappa shape index (κ2) is 8.89. The lowest BCUT2D eigenvalue weighted by molar-refractivity contribution is 0.165. The number of methoxy groups -OCH3 is 1. The van der Waals surface area contributed by atoms with Gasteiger partial charge in [-0.05, 0) is 32.5 Å². The predicted octanol–water partition coefficient (Wildman–Crippen LogP) is 0.305. The number of aromatic nitrogens is 2. The first kappa shape index (κ1) is 18.5. The molecule has 0 amide bonds. The van der Waals surface area contributed by atoms with E-state index in [0.717, 1.165) is 50.8 Å². The number of aliphatic hydroxyl groups is 1. The van der Waals surface area contributed by atoms with Gasteiger partial charge in [-0.2, -0.15) is 0 Å². The zero-order valence-corrected chi connectivity index (χ0v) is 15.5. The molecule has 0 radical (unpaired) electrons. The third-order valence-electron chi connectivity index (χ3n) is 5.44. The van der Waals surface area contributed by atoms with Crippen LogP contribution in [0.25, 0.3) is 0 Å². The standard InChI is InChI=1S/C18H31N5O2/c1-21-4-3-5-22(7-6-21)9-15-10-23(11-16(15)12-24)18-8-17(13-25-2)19-14-20-18/h8,14-16,24H,3-7,9-13H2,1-2H3/t15-,16-/m1/s1. The fraction of sp³-hybridized carbons (Fsp3) is 0.778. The highest BCUT2D eigenvalue weighted by Gasteiger charge is 2.34. The highest BCUT2D eigenvalue weighted by molar-refractivity contribution is 5.40. The largest absolute Gasteiger partial charge is 0.396 e. The minimum atomic E-state index is 0.241. The molecule has 7 heteroatoms. The van der Waals surface area contributed by atoms with Crippen molar-refractivity contribution in [1.82, 2.24) is 19.8 Å². The second-order valence-corrected chi connectivity index (χ2v) is 7.37. The van der Waals surface area contributed by atoms with Gasteiger partial charge < -0.3 is 24.5 Å². The zero-order valence-electron chi connectivity index (χ0n) is 15.5. The Bertz CT molecular complexity index is 544. The maximum atomic E-state index is 9.86. The van der Waals surface area contributed by atoms with E-state index in [1.54, 1.807) is 13.4 Å². The van der Waals surface area contributed by atoms with Gasteiger partial charge in [-0.3, -0.25) is 0 Å². The van der Waals surface area contributed by atoms with Crippen LogP contribution in [-0.4, -0.2) is 91.5 Å². The van der Waals surface area contributed by atoms with Crippen LogP contribution in [0.1, 0.15) is 12.1 Å². The van der Waals surface area contributed by atoms with Crippen LogP contribution >= 0.6 is 0 Å². The van der Waals surface area contributed by atoms with E-state index in [4.69, 9.17) is 4.74 Å². The maximum Gasteiger partial charge on any atom is 0.132 e. The molecule has 2 aliphatic rings. The van der Waals surface area contributed by atoms with E-state index in [2.05, 4.69) is 31.7 Å². The molecule has 0 bridgehead atoms. The predicted molar refractivity (Wildman–Crippen MR) is 97.6 cm³/mol. The molecule has 1 N–H and O–H groups in total. The van der Waals surface area contributed by atoms with Gasteiger partial charge in [0.1, 0.15) is 12.1 Å². The van der Waals surface area contributed by atoms with Crippen molar-refractivity contribution in [2.75, 3.05) is 71.5 Å². The number of hydrogen-bond donors (Lipinski definition) is 1. The summed E-state index contributed by atoms with van der Waals surface area (Å²) in [5.74, 6) is 1.73. The first-order valence-electron chi connectivity index (χ1n) is 9.26. The molecule has 25 heavy (non-hydrogen) atoms. The Morgan fingerprint density at radius 3 is 2.80 bits per heavy atom. The van der Waals surface area contributed by atoms with Gasteiger partial charge in [0.15, 0.2) is 0 Å². The van der Waals surface area contributed by atoms with E-state index >= 15 is 0 Å². The molecule has 140 valence electrons. The van der Waals surface area contributed by atoms with E-state index in [1.807, 2.05) is 6.07 Å². The van der Waals surface area contributed by atoms with Gasteiger partial charge in [0.05, 0.1) is 12.3 Å². The number of nitrogens with zero attached hydrogens (tertiary/aromatic N) is 5. The summed E-state index contributed by atoms with van der Waals surface area (Å²) in [6.07, 6.45) is 2.83. The number of aliphatic hydroxyl groups excluding tert-OH is 1. The Hall–Kier alpha value is -1.28. The summed E-state index contributed by atoms with van der Waals surface area (Å²) >= 11 is 0. The van der Waals surface area contributed by atoms with E-state index in [1.165, 1.54) is 13.0 Å². The van der Waals surface area contributed by atoms with Crippen molar-refractivity contribution < 1.29 is 9.84 Å². The first-order valence-corrected chi connectivity index (χ1v) is 9.26. The molecule has 1 aromatic rings. The average molecular weight is 349 g/mol. The van der Waals surface area contributed by atoms with Crippen molar-refractivity contribution in [3.8, 4) is 0 Å². The summed E-state index contributed by atoms with van der Waals surface area (Å²) < 4.78 is 5.17. The topological polar surface area (TPSA) is 65.0 Å². The van der Waals surface area contributed by atoms with Gasteiger partial charge in [0.2, 0.25) is 0 Å². The van der Waals surface area contributed by atoms with Crippen LogP contribution in [0.4, 0.5) is 5.82 Å². The SMILES string of the molecule is COCc1cc(N2C[C@@H](CN3CCCN(C)CC3)[C@@H](CO)C2)ncn1. The molecule has 0 saturated carbocycles. The van der Waals surface area contributed by atoms with Gasteiger partial charge in [0.25, 0.3) is 0 Å². The number of ether oxygens (including phenoxy) is 1. The summed E-state index contributed by atoms with van der Waals surface area (Å²) in [7, 11) is 3.87. The number of likely N-dealkylation sites (N-methyl/N-ethyl adjacent to an activating group) is 1. The highest BCUT2D eigenvalue weighted by atomic mass is 16.5. The molecule has 3 heterocycles. The van der Waals surface area contributed by atoms with Crippen LogP contribution in [0.2, 0.25) is 0 Å². The minimum Gasteiger partial charge on any atom is -0.396 e. The van der Waals surface area contributed by atoms with Gasteiger partial charge in [-0.25, -0.2) is 9.97 Å². The van der Waals surface area contributed by atoms with E-state index in [9.17, 15) is 5.11 Å². The third-order valence-corrected chi connectivity index (χ3v) is 5.44. The second-order valence-electron chi connectivity index (χ2n) is 7.37. The van der Waals surface area contributed by atoms with Crippen LogP contribution < -0.4 is 4.90 Å². The summed E-state index contributed by atoms with van der Waals surface area (Å²) in [6.45, 7) is 8.20. The molecule has 3 rings (SSSR count). The lowest BCUT2D eigenvalue weighted by Gasteiger charge is -2.26. The molecule has 2 saturated heterocycles. The van der Waals surface area contributed by atoms with Gasteiger partial charge in [-0.1, -0.05) is 0 Å². The molecule has 2 fully saturated rings. The Morgan fingerprint density at radius 1 is 1.16 bits per heavy atom. The lowest BCUT2D eigenvalue weighted by atomic mass is 9.96. The van der Waals surface area contributed by atoms with Crippen molar-refractivity contribution in [2.45, 2.75) is 13.0 Å². The van der Waals surface area contributed by atoms with Gasteiger partial charge in [0, 0.05) is 58.4 Å². The fourth-order valence-corrected chi connectivity index (χ4v) is 3.94. The lowest BCUT2D eigenvalue weighted by Crippen LogP contribution is -2.36. The van der Waals surface area contributed by atoms with Crippen LogP contribution in [-0.2, 0) is 11.3 Å². The number of rotatable bonds is 6. The van der Waals surface area contributed by atoms with Crippen molar-refractivity contribution in [2.24, 2.45) is 11.8 Å². The molecule has 2 atom stereocenters. The Balaban J connectivity index is 1.62. The monoisotopic (exact) mass is 349 g/mol. The molecule has 1 aromatic heterocycles. The Kier molecular flexibility index (Phi) is 6.58. The molecule has 0 aliphatic carbocycles. The number of hydrogen-bond acceptors (Lipinski definition) is 7. The molecule has 0 unspecified atom stereocenters. The maximum absolute atomic E-state index is 9.86. The van der Waals surface area contributed by atoms with Crippen LogP contribution in [0.3, 0.4) is 0 Å². The van der Waals surface area contributed by atoms with Crippen molar-refractivity contribution in [3.05, 3.63) is 18.1 Å². The summed E-state index contributed by atoms with van der Waals surface area (Å²) in [4.78, 5) is 15.9. The molecule has 7 nitrogen and oxygen atoms in total. The third kappa shape index (κ3) is 4.88. The van der Waals surface area contributed by atoms with Crippen molar-refractivity contribution in [3.63, 3.8) is 0 Å². The summed E-state index contributed by atoms with van der Waals surface area (Å²) in [6, 6.07) is 2.00. The molecular weight excluding hydrogens is 318 g/mol. The minimum absolute atomic E-state index is 0.241. The van der Waals surface area contributed by atoms with E-state index in [0.29, 0.717) is 18.4 Å². The molecule has 0 spiro atoms. The van der Waals surface area contributed by atoms with Crippen LogP contribution in [0.5, 0.6) is 0 Å². The molecular formula is C18H31N5O2.